The average Bonchev–Trinajstić information content (AvgIpc) is 2.69. The van der Waals surface area contributed by atoms with Gasteiger partial charge in [0.2, 0.25) is 0 Å². The van der Waals surface area contributed by atoms with Crippen LogP contribution in [0.15, 0.2) is 34.9 Å². The maximum absolute atomic E-state index is 5.60. The van der Waals surface area contributed by atoms with Crippen molar-refractivity contribution in [2.24, 2.45) is 5.73 Å². The summed E-state index contributed by atoms with van der Waals surface area (Å²) in [7, 11) is 0. The zero-order valence-electron chi connectivity index (χ0n) is 19.8. The Morgan fingerprint density at radius 3 is 1.93 bits per heavy atom. The van der Waals surface area contributed by atoms with E-state index in [4.69, 9.17) is 5.73 Å². The molecule has 0 amide bonds. The molecule has 3 N–H and O–H groups in total. The Hall–Kier alpha value is -0.940. The quantitative estimate of drug-likeness (QED) is 0.315. The predicted molar refractivity (Wildman–Crippen MR) is 129 cm³/mol. The van der Waals surface area contributed by atoms with Crippen molar-refractivity contribution >= 4 is 0 Å². The minimum atomic E-state index is 0.812. The van der Waals surface area contributed by atoms with Crippen molar-refractivity contribution in [2.75, 3.05) is 58.9 Å². The number of hydrogen-bond donors (Lipinski definition) is 2. The topological polar surface area (TPSA) is 44.5 Å². The molecule has 0 bridgehead atoms. The molecular formula is C25H48N4. The van der Waals surface area contributed by atoms with E-state index in [2.05, 4.69) is 61.0 Å². The number of rotatable bonds is 15. The minimum absolute atomic E-state index is 0.812. The summed E-state index contributed by atoms with van der Waals surface area (Å²) in [5.74, 6) is 0. The first-order chi connectivity index (χ1) is 14.0. The van der Waals surface area contributed by atoms with Crippen molar-refractivity contribution in [1.29, 1.82) is 0 Å². The predicted octanol–water partition coefficient (Wildman–Crippen LogP) is 4.35. The first kappa shape index (κ1) is 26.1. The standard InChI is InChI=1S/C25H48N4/c1-23(2)9-5-10-24(3)11-6-12-25(4)13-16-27-15-8-18-29-21-19-28(20-22-29)17-7-14-26/h9,11,13,27H,5-8,10,12,14-22,26H2,1-4H3. The van der Waals surface area contributed by atoms with Gasteiger partial charge < -0.3 is 20.9 Å². The van der Waals surface area contributed by atoms with Crippen LogP contribution in [0.1, 0.15) is 66.2 Å². The molecule has 0 aromatic rings. The fourth-order valence-electron chi connectivity index (χ4n) is 3.67. The highest BCUT2D eigenvalue weighted by Gasteiger charge is 2.15. The Bertz CT molecular complexity index is 495. The van der Waals surface area contributed by atoms with Gasteiger partial charge in [0.05, 0.1) is 0 Å². The van der Waals surface area contributed by atoms with Crippen LogP contribution in [0, 0.1) is 0 Å². The molecule has 168 valence electrons. The van der Waals surface area contributed by atoms with E-state index >= 15 is 0 Å². The van der Waals surface area contributed by atoms with E-state index in [1.807, 2.05) is 0 Å². The molecule has 0 unspecified atom stereocenters. The van der Waals surface area contributed by atoms with Gasteiger partial charge in [-0.2, -0.15) is 0 Å². The van der Waals surface area contributed by atoms with Crippen LogP contribution in [0.3, 0.4) is 0 Å². The fraction of sp³-hybridized carbons (Fsp3) is 0.760. The normalized spacial score (nSPS) is 17.0. The monoisotopic (exact) mass is 404 g/mol. The van der Waals surface area contributed by atoms with E-state index in [-0.39, 0.29) is 0 Å². The molecule has 4 heteroatoms. The molecule has 1 heterocycles. The number of nitrogens with two attached hydrogens (primary N) is 1. The third-order valence-electron chi connectivity index (χ3n) is 5.69. The van der Waals surface area contributed by atoms with Gasteiger partial charge >= 0.3 is 0 Å². The maximum atomic E-state index is 5.60. The second-order valence-electron chi connectivity index (χ2n) is 8.84. The third-order valence-corrected chi connectivity index (χ3v) is 5.69. The Morgan fingerprint density at radius 1 is 0.793 bits per heavy atom. The second kappa shape index (κ2) is 16.8. The number of allylic oxidation sites excluding steroid dienone is 5. The summed E-state index contributed by atoms with van der Waals surface area (Å²) < 4.78 is 0. The van der Waals surface area contributed by atoms with Crippen LogP contribution in [-0.4, -0.2) is 68.7 Å². The summed E-state index contributed by atoms with van der Waals surface area (Å²) in [6, 6.07) is 0. The van der Waals surface area contributed by atoms with Crippen LogP contribution in [0.5, 0.6) is 0 Å². The molecule has 0 radical (unpaired) electrons. The largest absolute Gasteiger partial charge is 0.330 e. The van der Waals surface area contributed by atoms with Gasteiger partial charge in [0.1, 0.15) is 0 Å². The van der Waals surface area contributed by atoms with Crippen molar-refractivity contribution < 1.29 is 0 Å². The maximum Gasteiger partial charge on any atom is 0.0137 e. The average molecular weight is 405 g/mol. The molecule has 1 saturated heterocycles. The van der Waals surface area contributed by atoms with E-state index in [1.165, 1.54) is 88.1 Å². The first-order valence-electron chi connectivity index (χ1n) is 11.8. The SMILES string of the molecule is CC(C)=CCCC(C)=CCCC(C)=CCNCCCN1CCN(CCCN)CC1. The van der Waals surface area contributed by atoms with Crippen molar-refractivity contribution in [3.63, 3.8) is 0 Å². The van der Waals surface area contributed by atoms with Gasteiger partial charge in [-0.3, -0.25) is 0 Å². The van der Waals surface area contributed by atoms with Gasteiger partial charge in [-0.1, -0.05) is 34.9 Å². The van der Waals surface area contributed by atoms with Gasteiger partial charge in [-0.05, 0) is 92.4 Å². The fourth-order valence-corrected chi connectivity index (χ4v) is 3.67. The van der Waals surface area contributed by atoms with E-state index < -0.39 is 0 Å². The molecule has 4 nitrogen and oxygen atoms in total. The van der Waals surface area contributed by atoms with Gasteiger partial charge in [0.25, 0.3) is 0 Å². The van der Waals surface area contributed by atoms with Gasteiger partial charge in [-0.25, -0.2) is 0 Å². The van der Waals surface area contributed by atoms with Crippen LogP contribution in [-0.2, 0) is 0 Å². The van der Waals surface area contributed by atoms with Crippen LogP contribution in [0.25, 0.3) is 0 Å². The molecule has 1 aliphatic heterocycles. The Kier molecular flexibility index (Phi) is 15.1. The molecular weight excluding hydrogens is 356 g/mol. The van der Waals surface area contributed by atoms with Gasteiger partial charge in [-0.15, -0.1) is 0 Å². The summed E-state index contributed by atoms with van der Waals surface area (Å²) in [5, 5.41) is 3.58. The van der Waals surface area contributed by atoms with Gasteiger partial charge in [0.15, 0.2) is 0 Å². The van der Waals surface area contributed by atoms with Crippen molar-refractivity contribution in [3.8, 4) is 0 Å². The van der Waals surface area contributed by atoms with Crippen LogP contribution in [0.2, 0.25) is 0 Å². The summed E-state index contributed by atoms with van der Waals surface area (Å²) >= 11 is 0. The Balaban J connectivity index is 2.02. The minimum Gasteiger partial charge on any atom is -0.330 e. The van der Waals surface area contributed by atoms with Crippen molar-refractivity contribution in [2.45, 2.75) is 66.2 Å². The molecule has 0 atom stereocenters. The lowest BCUT2D eigenvalue weighted by Gasteiger charge is -2.34. The number of hydrogen-bond acceptors (Lipinski definition) is 4. The lowest BCUT2D eigenvalue weighted by molar-refractivity contribution is 0.131. The molecule has 29 heavy (non-hydrogen) atoms. The Labute approximate surface area is 181 Å². The zero-order chi connectivity index (χ0) is 21.3. The van der Waals surface area contributed by atoms with E-state index in [0.717, 1.165) is 26.1 Å². The van der Waals surface area contributed by atoms with E-state index in [9.17, 15) is 0 Å². The lowest BCUT2D eigenvalue weighted by atomic mass is 10.1. The number of nitrogens with zero attached hydrogens (tertiary/aromatic N) is 2. The first-order valence-corrected chi connectivity index (χ1v) is 11.8. The molecule has 0 aromatic heterocycles. The smallest absolute Gasteiger partial charge is 0.0137 e. The number of nitrogens with one attached hydrogen (secondary N) is 1. The van der Waals surface area contributed by atoms with Gasteiger partial charge in [0, 0.05) is 32.7 Å². The molecule has 0 aromatic carbocycles. The molecule has 1 rings (SSSR count). The van der Waals surface area contributed by atoms with Crippen LogP contribution < -0.4 is 11.1 Å². The van der Waals surface area contributed by atoms with E-state index in [0.29, 0.717) is 0 Å². The summed E-state index contributed by atoms with van der Waals surface area (Å²) in [6.07, 6.45) is 14.2. The molecule has 1 fully saturated rings. The molecule has 0 saturated carbocycles. The molecule has 0 spiro atoms. The highest BCUT2D eigenvalue weighted by Crippen LogP contribution is 2.11. The van der Waals surface area contributed by atoms with Crippen molar-refractivity contribution in [1.82, 2.24) is 15.1 Å². The highest BCUT2D eigenvalue weighted by molar-refractivity contribution is 5.05. The van der Waals surface area contributed by atoms with Crippen molar-refractivity contribution in [3.05, 3.63) is 34.9 Å². The van der Waals surface area contributed by atoms with Crippen LogP contribution >= 0.6 is 0 Å². The third kappa shape index (κ3) is 14.6. The highest BCUT2D eigenvalue weighted by atomic mass is 15.3. The molecule has 0 aliphatic carbocycles. The second-order valence-corrected chi connectivity index (χ2v) is 8.84. The summed E-state index contributed by atoms with van der Waals surface area (Å²) in [4.78, 5) is 5.16. The Morgan fingerprint density at radius 2 is 1.34 bits per heavy atom. The van der Waals surface area contributed by atoms with Crippen LogP contribution in [0.4, 0.5) is 0 Å². The number of piperazine rings is 1. The lowest BCUT2D eigenvalue weighted by Crippen LogP contribution is -2.47. The molecule has 1 aliphatic rings. The van der Waals surface area contributed by atoms with E-state index in [1.54, 1.807) is 0 Å². The zero-order valence-corrected chi connectivity index (χ0v) is 19.8. The summed E-state index contributed by atoms with van der Waals surface area (Å²) in [5.41, 5.74) is 10.0. The summed E-state index contributed by atoms with van der Waals surface area (Å²) in [6.45, 7) is 19.0.